The molecule has 0 N–H and O–H groups in total. The molecule has 0 saturated heterocycles. The summed E-state index contributed by atoms with van der Waals surface area (Å²) in [6.45, 7) is 2.37. The summed E-state index contributed by atoms with van der Waals surface area (Å²) >= 11 is 1.87. The number of thiophene rings is 1. The molecule has 1 unspecified atom stereocenters. The van der Waals surface area contributed by atoms with Crippen LogP contribution in [0.1, 0.15) is 23.6 Å². The zero-order valence-corrected chi connectivity index (χ0v) is 31.0. The van der Waals surface area contributed by atoms with Crippen molar-refractivity contribution in [2.75, 3.05) is 0 Å². The van der Waals surface area contributed by atoms with E-state index in [-0.39, 0.29) is 5.41 Å². The largest absolute Gasteiger partial charge is 0.228 e. The van der Waals surface area contributed by atoms with Crippen LogP contribution in [0.25, 0.3) is 87.1 Å². The lowest BCUT2D eigenvalue weighted by Gasteiger charge is -2.28. The van der Waals surface area contributed by atoms with Crippen LogP contribution in [0.4, 0.5) is 0 Å². The van der Waals surface area contributed by atoms with Gasteiger partial charge in [0.05, 0.1) is 11.4 Å². The Morgan fingerprint density at radius 2 is 1.07 bits per heavy atom. The summed E-state index contributed by atoms with van der Waals surface area (Å²) in [4.78, 5) is 10.7. The maximum atomic E-state index is 5.35. The average molecular weight is 719 g/mol. The Kier molecular flexibility index (Phi) is 7.20. The lowest BCUT2D eigenvalue weighted by Crippen LogP contribution is -2.22. The van der Waals surface area contributed by atoms with Gasteiger partial charge in [0.2, 0.25) is 0 Å². The second kappa shape index (κ2) is 12.4. The number of benzene rings is 8. The van der Waals surface area contributed by atoms with Gasteiger partial charge in [-0.3, -0.25) is 0 Å². The first-order chi connectivity index (χ1) is 27.1. The minimum absolute atomic E-state index is 0.300. The molecule has 0 amide bonds. The number of hydrogen-bond donors (Lipinski definition) is 0. The highest BCUT2D eigenvalue weighted by atomic mass is 32.1. The van der Waals surface area contributed by atoms with Crippen LogP contribution < -0.4 is 0 Å². The fourth-order valence-electron chi connectivity index (χ4n) is 8.97. The van der Waals surface area contributed by atoms with Gasteiger partial charge < -0.3 is 0 Å². The molecular weight excluding hydrogens is 685 g/mol. The summed E-state index contributed by atoms with van der Waals surface area (Å²) < 4.78 is 2.61. The first-order valence-corrected chi connectivity index (χ1v) is 19.6. The highest BCUT2D eigenvalue weighted by Gasteiger charge is 2.41. The van der Waals surface area contributed by atoms with Crippen molar-refractivity contribution >= 4 is 42.3 Å². The third-order valence-electron chi connectivity index (χ3n) is 11.6. The minimum atomic E-state index is -0.300. The molecule has 0 saturated carbocycles. The van der Waals surface area contributed by atoms with Crippen LogP contribution >= 0.6 is 11.3 Å². The quantitative estimate of drug-likeness (QED) is 0.177. The van der Waals surface area contributed by atoms with E-state index >= 15 is 0 Å². The third kappa shape index (κ3) is 4.94. The van der Waals surface area contributed by atoms with Gasteiger partial charge in [-0.25, -0.2) is 9.97 Å². The monoisotopic (exact) mass is 718 g/mol. The predicted molar refractivity (Wildman–Crippen MR) is 232 cm³/mol. The van der Waals surface area contributed by atoms with E-state index in [1.54, 1.807) is 0 Å². The predicted octanol–water partition coefficient (Wildman–Crippen LogP) is 14.0. The summed E-state index contributed by atoms with van der Waals surface area (Å²) in [5.41, 5.74) is 13.5. The first-order valence-electron chi connectivity index (χ1n) is 18.8. The van der Waals surface area contributed by atoms with E-state index in [0.717, 1.165) is 28.1 Å². The molecule has 3 heteroatoms. The maximum Gasteiger partial charge on any atom is 0.160 e. The molecule has 1 aliphatic carbocycles. The lowest BCUT2D eigenvalue weighted by molar-refractivity contribution is 0.714. The summed E-state index contributed by atoms with van der Waals surface area (Å²) in [7, 11) is 0. The van der Waals surface area contributed by atoms with Gasteiger partial charge in [-0.05, 0) is 80.9 Å². The van der Waals surface area contributed by atoms with Crippen LogP contribution in [0, 0.1) is 0 Å². The van der Waals surface area contributed by atoms with E-state index in [4.69, 9.17) is 9.97 Å². The van der Waals surface area contributed by atoms with Gasteiger partial charge in [-0.1, -0.05) is 164 Å². The molecule has 2 aromatic heterocycles. The Bertz CT molecular complexity index is 3110. The highest BCUT2D eigenvalue weighted by Crippen LogP contribution is 2.55. The molecule has 0 bridgehead atoms. The van der Waals surface area contributed by atoms with Gasteiger partial charge in [0.1, 0.15) is 0 Å². The van der Waals surface area contributed by atoms with Gasteiger partial charge in [-0.15, -0.1) is 11.3 Å². The molecule has 55 heavy (non-hydrogen) atoms. The number of aromatic nitrogens is 2. The fourth-order valence-corrected chi connectivity index (χ4v) is 10.1. The molecule has 1 atom stereocenters. The van der Waals surface area contributed by atoms with Crippen LogP contribution in [0.3, 0.4) is 0 Å². The van der Waals surface area contributed by atoms with Crippen molar-refractivity contribution in [3.63, 3.8) is 0 Å². The second-order valence-electron chi connectivity index (χ2n) is 14.6. The molecule has 0 radical (unpaired) electrons. The van der Waals surface area contributed by atoms with Crippen molar-refractivity contribution in [2.45, 2.75) is 12.3 Å². The molecule has 258 valence electrons. The Hall–Kier alpha value is -6.68. The van der Waals surface area contributed by atoms with Crippen LogP contribution in [-0.4, -0.2) is 9.97 Å². The topological polar surface area (TPSA) is 25.8 Å². The average Bonchev–Trinajstić information content (AvgIpc) is 3.76. The van der Waals surface area contributed by atoms with Gasteiger partial charge in [0, 0.05) is 42.3 Å². The summed E-state index contributed by atoms with van der Waals surface area (Å²) in [6.07, 6.45) is 0. The zero-order valence-electron chi connectivity index (χ0n) is 30.2. The van der Waals surface area contributed by atoms with Crippen LogP contribution in [-0.2, 0) is 5.41 Å². The Labute approximate surface area is 324 Å². The zero-order chi connectivity index (χ0) is 36.5. The summed E-state index contributed by atoms with van der Waals surface area (Å²) in [5, 5.41) is 5.11. The molecule has 1 aliphatic rings. The molecule has 10 aromatic rings. The van der Waals surface area contributed by atoms with E-state index in [0.29, 0.717) is 5.82 Å². The highest BCUT2D eigenvalue weighted by molar-refractivity contribution is 7.26. The van der Waals surface area contributed by atoms with Crippen molar-refractivity contribution in [3.8, 4) is 56.2 Å². The Morgan fingerprint density at radius 3 is 1.95 bits per heavy atom. The van der Waals surface area contributed by atoms with Crippen LogP contribution in [0.5, 0.6) is 0 Å². The molecule has 2 nitrogen and oxygen atoms in total. The summed E-state index contributed by atoms with van der Waals surface area (Å²) in [5.74, 6) is 0.713. The SMILES string of the molecule is CC1(c2ccccc2)c2ccccc2-c2c(-c3cc(-c4cccc(-c5c6ccccc6cc6sc7ccccc7c56)c4)nc(-c4ccccc4)n3)cccc21. The van der Waals surface area contributed by atoms with Crippen molar-refractivity contribution in [1.29, 1.82) is 0 Å². The van der Waals surface area contributed by atoms with E-state index in [1.807, 2.05) is 17.4 Å². The first kappa shape index (κ1) is 31.8. The number of fused-ring (bicyclic) bond motifs is 7. The lowest BCUT2D eigenvalue weighted by atomic mass is 9.74. The molecule has 0 spiro atoms. The normalized spacial score (nSPS) is 14.7. The van der Waals surface area contributed by atoms with Gasteiger partial charge >= 0.3 is 0 Å². The van der Waals surface area contributed by atoms with Crippen molar-refractivity contribution in [1.82, 2.24) is 9.97 Å². The molecule has 8 aromatic carbocycles. The van der Waals surface area contributed by atoms with Crippen LogP contribution in [0.2, 0.25) is 0 Å². The summed E-state index contributed by atoms with van der Waals surface area (Å²) in [6, 6.07) is 67.9. The smallest absolute Gasteiger partial charge is 0.160 e. The molecule has 11 rings (SSSR count). The fraction of sp³-hybridized carbons (Fsp3) is 0.0385. The molecule has 2 heterocycles. The molecule has 0 fully saturated rings. The minimum Gasteiger partial charge on any atom is -0.228 e. The van der Waals surface area contributed by atoms with E-state index < -0.39 is 0 Å². The Morgan fingerprint density at radius 1 is 0.436 bits per heavy atom. The number of hydrogen-bond acceptors (Lipinski definition) is 3. The molecular formula is C52H34N2S. The Balaban J connectivity index is 1.15. The van der Waals surface area contributed by atoms with Gasteiger partial charge in [0.25, 0.3) is 0 Å². The van der Waals surface area contributed by atoms with E-state index in [1.165, 1.54) is 69.9 Å². The van der Waals surface area contributed by atoms with Crippen molar-refractivity contribution in [3.05, 3.63) is 205 Å². The number of nitrogens with zero attached hydrogens (tertiary/aromatic N) is 2. The number of rotatable bonds is 5. The standard InChI is InChI=1S/C52H34N2S/c1-52(37-21-6-3-7-22-37)42-27-12-10-24-39(42)49-40(26-15-28-43(49)52)45-32-44(53-51(54-45)33-16-4-2-5-17-33)35-19-14-20-36(30-35)48-38-23-9-8-18-34(38)31-47-50(48)41-25-11-13-29-46(41)55-47/h2-32H,1H3. The van der Waals surface area contributed by atoms with Crippen molar-refractivity contribution < 1.29 is 0 Å². The van der Waals surface area contributed by atoms with Gasteiger partial charge in [0.15, 0.2) is 5.82 Å². The van der Waals surface area contributed by atoms with Crippen LogP contribution in [0.15, 0.2) is 188 Å². The molecule has 0 aliphatic heterocycles. The van der Waals surface area contributed by atoms with E-state index in [2.05, 4.69) is 189 Å². The maximum absolute atomic E-state index is 5.35. The second-order valence-corrected chi connectivity index (χ2v) is 15.7. The van der Waals surface area contributed by atoms with E-state index in [9.17, 15) is 0 Å². The third-order valence-corrected chi connectivity index (χ3v) is 12.7. The van der Waals surface area contributed by atoms with Crippen molar-refractivity contribution in [2.24, 2.45) is 0 Å². The van der Waals surface area contributed by atoms with Gasteiger partial charge in [-0.2, -0.15) is 0 Å².